The van der Waals surface area contributed by atoms with Crippen LogP contribution in [0.15, 0.2) is 30.5 Å². The molecule has 31 heavy (non-hydrogen) atoms. The third kappa shape index (κ3) is 5.12. The van der Waals surface area contributed by atoms with E-state index in [1.54, 1.807) is 18.3 Å². The van der Waals surface area contributed by atoms with Gasteiger partial charge >= 0.3 is 0 Å². The molecule has 0 unspecified atom stereocenters. The molecule has 1 aromatic carbocycles. The van der Waals surface area contributed by atoms with E-state index in [9.17, 15) is 14.0 Å². The maximum atomic E-state index is 14.4. The minimum Gasteiger partial charge on any atom is -0.367 e. The number of Topliss-reactive ketones (excluding diaryl/α,β-unsaturated/α-hetero) is 1. The number of benzene rings is 1. The lowest BCUT2D eigenvalue weighted by molar-refractivity contribution is -0.116. The van der Waals surface area contributed by atoms with Crippen LogP contribution in [0.3, 0.4) is 0 Å². The van der Waals surface area contributed by atoms with Gasteiger partial charge in [0.2, 0.25) is 5.91 Å². The second-order valence-electron chi connectivity index (χ2n) is 8.45. The van der Waals surface area contributed by atoms with Crippen LogP contribution in [0.25, 0.3) is 0 Å². The molecule has 2 fully saturated rings. The molecule has 2 heterocycles. The van der Waals surface area contributed by atoms with E-state index >= 15 is 0 Å². The molecular weight excluding hydrogens is 397 g/mol. The van der Waals surface area contributed by atoms with E-state index in [2.05, 4.69) is 15.3 Å². The van der Waals surface area contributed by atoms with Crippen molar-refractivity contribution in [2.24, 2.45) is 0 Å². The minimum atomic E-state index is -0.362. The molecule has 4 rings (SSSR count). The van der Waals surface area contributed by atoms with Crippen molar-refractivity contribution >= 4 is 23.2 Å². The lowest BCUT2D eigenvalue weighted by Gasteiger charge is -2.36. The van der Waals surface area contributed by atoms with E-state index in [4.69, 9.17) is 0 Å². The Balaban J connectivity index is 1.24. The van der Waals surface area contributed by atoms with Crippen LogP contribution in [0.2, 0.25) is 0 Å². The molecule has 1 saturated carbocycles. The van der Waals surface area contributed by atoms with Crippen LogP contribution in [-0.2, 0) is 4.79 Å². The van der Waals surface area contributed by atoms with E-state index in [1.807, 2.05) is 15.6 Å². The quantitative estimate of drug-likeness (QED) is 0.685. The summed E-state index contributed by atoms with van der Waals surface area (Å²) >= 11 is 0. The number of halogens is 1. The van der Waals surface area contributed by atoms with Gasteiger partial charge in [0.1, 0.15) is 11.6 Å². The zero-order chi connectivity index (χ0) is 21.8. The smallest absolute Gasteiger partial charge is 0.226 e. The molecule has 0 radical (unpaired) electrons. The van der Waals surface area contributed by atoms with Crippen LogP contribution in [-0.4, -0.2) is 59.1 Å². The molecule has 2 aromatic rings. The van der Waals surface area contributed by atoms with Crippen molar-refractivity contribution in [2.45, 2.75) is 45.1 Å². The van der Waals surface area contributed by atoms with E-state index in [-0.39, 0.29) is 17.5 Å². The molecule has 2 aliphatic rings. The van der Waals surface area contributed by atoms with Gasteiger partial charge in [-0.3, -0.25) is 14.5 Å². The third-order valence-corrected chi connectivity index (χ3v) is 6.33. The average molecular weight is 428 g/mol. The van der Waals surface area contributed by atoms with E-state index < -0.39 is 0 Å². The Labute approximate surface area is 182 Å². The number of anilines is 2. The summed E-state index contributed by atoms with van der Waals surface area (Å²) in [6.45, 7) is 5.01. The number of aromatic nitrogens is 2. The first-order chi connectivity index (χ1) is 15.0. The normalized spacial score (nSPS) is 17.8. The number of hydrogen-bond acceptors (Lipinski definition) is 5. The maximum absolute atomic E-state index is 14.4. The number of piperazine rings is 1. The number of hydrogen-bond donors (Lipinski definition) is 1. The fourth-order valence-corrected chi connectivity index (χ4v) is 4.51. The Morgan fingerprint density at radius 3 is 2.55 bits per heavy atom. The average Bonchev–Trinajstić information content (AvgIpc) is 3.44. The monoisotopic (exact) mass is 427 g/mol. The Bertz CT molecular complexity index is 930. The zero-order valence-corrected chi connectivity index (χ0v) is 18.0. The van der Waals surface area contributed by atoms with Crippen LogP contribution in [0.4, 0.5) is 15.9 Å². The van der Waals surface area contributed by atoms with Crippen molar-refractivity contribution in [1.29, 1.82) is 0 Å². The van der Waals surface area contributed by atoms with Crippen molar-refractivity contribution in [3.05, 3.63) is 41.8 Å². The second kappa shape index (κ2) is 9.60. The number of carbonyl (C=O) groups excluding carboxylic acids is 2. The molecule has 0 spiro atoms. The van der Waals surface area contributed by atoms with E-state index in [1.165, 1.54) is 25.8 Å². The van der Waals surface area contributed by atoms with Gasteiger partial charge in [-0.2, -0.15) is 5.10 Å². The predicted molar refractivity (Wildman–Crippen MR) is 118 cm³/mol. The summed E-state index contributed by atoms with van der Waals surface area (Å²) in [6.07, 6.45) is 6.83. The molecular formula is C23H30FN5O2. The molecule has 0 atom stereocenters. The number of nitrogens with zero attached hydrogens (tertiary/aromatic N) is 4. The SMILES string of the molecule is CC(=O)c1ccc(N2CCN(CCC(=O)Nc3ccnn3C3CCCC3)CC2)c(F)c1. The molecule has 7 nitrogen and oxygen atoms in total. The number of carbonyl (C=O) groups is 2. The van der Waals surface area contributed by atoms with Crippen molar-refractivity contribution in [3.63, 3.8) is 0 Å². The van der Waals surface area contributed by atoms with Gasteiger partial charge in [0.25, 0.3) is 0 Å². The molecule has 1 N–H and O–H groups in total. The van der Waals surface area contributed by atoms with Crippen LogP contribution in [0.1, 0.15) is 55.4 Å². The van der Waals surface area contributed by atoms with Crippen molar-refractivity contribution in [3.8, 4) is 0 Å². The highest BCUT2D eigenvalue weighted by molar-refractivity contribution is 5.94. The van der Waals surface area contributed by atoms with Gasteiger partial charge in [0.05, 0.1) is 17.9 Å². The maximum Gasteiger partial charge on any atom is 0.226 e. The van der Waals surface area contributed by atoms with Crippen molar-refractivity contribution < 1.29 is 14.0 Å². The standard InChI is InChI=1S/C23H30FN5O2/c1-17(30)18-6-7-21(20(24)16-18)28-14-12-27(13-15-28)11-9-23(31)26-22-8-10-25-29(22)19-4-2-3-5-19/h6-8,10,16,19H,2-5,9,11-15H2,1H3,(H,26,31). The number of ketones is 1. The second-order valence-corrected chi connectivity index (χ2v) is 8.45. The lowest BCUT2D eigenvalue weighted by atomic mass is 10.1. The largest absolute Gasteiger partial charge is 0.367 e. The van der Waals surface area contributed by atoms with Gasteiger partial charge in [0.15, 0.2) is 5.78 Å². The zero-order valence-electron chi connectivity index (χ0n) is 18.0. The first kappa shape index (κ1) is 21.5. The van der Waals surface area contributed by atoms with Gasteiger partial charge < -0.3 is 10.2 Å². The first-order valence-corrected chi connectivity index (χ1v) is 11.1. The number of amides is 1. The molecule has 1 aliphatic heterocycles. The highest BCUT2D eigenvalue weighted by atomic mass is 19.1. The van der Waals surface area contributed by atoms with Crippen molar-refractivity contribution in [1.82, 2.24) is 14.7 Å². The molecule has 1 aliphatic carbocycles. The number of nitrogens with one attached hydrogen (secondary N) is 1. The third-order valence-electron chi connectivity index (χ3n) is 6.33. The molecule has 1 amide bonds. The van der Waals surface area contributed by atoms with Crippen LogP contribution in [0, 0.1) is 5.82 Å². The molecule has 166 valence electrons. The summed E-state index contributed by atoms with van der Waals surface area (Å²) in [6, 6.07) is 6.92. The summed E-state index contributed by atoms with van der Waals surface area (Å²) in [7, 11) is 0. The van der Waals surface area contributed by atoms with Crippen LogP contribution in [0.5, 0.6) is 0 Å². The van der Waals surface area contributed by atoms with Gasteiger partial charge in [-0.05, 0) is 38.0 Å². The van der Waals surface area contributed by atoms with Crippen molar-refractivity contribution in [2.75, 3.05) is 42.9 Å². The van der Waals surface area contributed by atoms with Gasteiger partial charge in [-0.1, -0.05) is 12.8 Å². The van der Waals surface area contributed by atoms with Crippen LogP contribution < -0.4 is 10.2 Å². The fraction of sp³-hybridized carbons (Fsp3) is 0.522. The Hall–Kier alpha value is -2.74. The summed E-state index contributed by atoms with van der Waals surface area (Å²) in [5, 5.41) is 7.41. The lowest BCUT2D eigenvalue weighted by Crippen LogP contribution is -2.47. The van der Waals surface area contributed by atoms with E-state index in [0.29, 0.717) is 43.3 Å². The molecule has 1 aromatic heterocycles. The predicted octanol–water partition coefficient (Wildman–Crippen LogP) is 3.49. The molecule has 1 saturated heterocycles. The van der Waals surface area contributed by atoms with Gasteiger partial charge in [-0.25, -0.2) is 9.07 Å². The molecule has 8 heteroatoms. The fourth-order valence-electron chi connectivity index (χ4n) is 4.51. The summed E-state index contributed by atoms with van der Waals surface area (Å²) in [5.74, 6) is 0.276. The summed E-state index contributed by atoms with van der Waals surface area (Å²) < 4.78 is 16.4. The summed E-state index contributed by atoms with van der Waals surface area (Å²) in [5.41, 5.74) is 0.919. The Morgan fingerprint density at radius 2 is 1.87 bits per heavy atom. The van der Waals surface area contributed by atoms with E-state index in [0.717, 1.165) is 31.7 Å². The minimum absolute atomic E-state index is 0.00644. The van der Waals surface area contributed by atoms with Crippen LogP contribution >= 0.6 is 0 Å². The Morgan fingerprint density at radius 1 is 1.13 bits per heavy atom. The summed E-state index contributed by atoms with van der Waals surface area (Å²) in [4.78, 5) is 28.1. The highest BCUT2D eigenvalue weighted by Crippen LogP contribution is 2.31. The molecule has 0 bridgehead atoms. The van der Waals surface area contributed by atoms with Gasteiger partial charge in [-0.15, -0.1) is 0 Å². The highest BCUT2D eigenvalue weighted by Gasteiger charge is 2.22. The van der Waals surface area contributed by atoms with Gasteiger partial charge in [0, 0.05) is 50.8 Å². The Kier molecular flexibility index (Phi) is 6.65. The number of rotatable bonds is 7. The first-order valence-electron chi connectivity index (χ1n) is 11.1. The topological polar surface area (TPSA) is 70.5 Å².